The standard InChI is InChI=1S/C14H19N3O/c1-9(2)18-12-6-4-11(5-7-12)14-10(3)13(8-15)16-17-14/h4-7,9H,8,15H2,1-3H3,(H,16,17). The SMILES string of the molecule is Cc1c(-c2ccc(OC(C)C)cc2)n[nH]c1CN. The fourth-order valence-corrected chi connectivity index (χ4v) is 1.88. The van der Waals surface area contributed by atoms with Crippen molar-refractivity contribution >= 4 is 0 Å². The molecule has 1 heterocycles. The van der Waals surface area contributed by atoms with Gasteiger partial charge in [0.2, 0.25) is 0 Å². The first kappa shape index (κ1) is 12.6. The number of benzene rings is 1. The molecule has 0 fully saturated rings. The van der Waals surface area contributed by atoms with E-state index in [1.165, 1.54) is 0 Å². The van der Waals surface area contributed by atoms with Gasteiger partial charge in [-0.05, 0) is 50.6 Å². The molecule has 1 aromatic carbocycles. The third-order valence-electron chi connectivity index (χ3n) is 2.81. The number of rotatable bonds is 4. The summed E-state index contributed by atoms with van der Waals surface area (Å²) in [5.41, 5.74) is 9.73. The summed E-state index contributed by atoms with van der Waals surface area (Å²) in [6.45, 7) is 6.53. The molecule has 0 aliphatic heterocycles. The number of aromatic nitrogens is 2. The number of hydrogen-bond acceptors (Lipinski definition) is 3. The Bertz CT molecular complexity index is 514. The van der Waals surface area contributed by atoms with Gasteiger partial charge in [0.25, 0.3) is 0 Å². The highest BCUT2D eigenvalue weighted by Crippen LogP contribution is 2.25. The molecule has 3 N–H and O–H groups in total. The lowest BCUT2D eigenvalue weighted by molar-refractivity contribution is 0.242. The molecule has 4 heteroatoms. The molecule has 0 radical (unpaired) electrons. The van der Waals surface area contributed by atoms with E-state index >= 15 is 0 Å². The predicted octanol–water partition coefficient (Wildman–Crippen LogP) is 2.63. The largest absolute Gasteiger partial charge is 0.491 e. The van der Waals surface area contributed by atoms with E-state index in [1.807, 2.05) is 45.0 Å². The summed E-state index contributed by atoms with van der Waals surface area (Å²) < 4.78 is 5.61. The topological polar surface area (TPSA) is 63.9 Å². The third kappa shape index (κ3) is 2.54. The fourth-order valence-electron chi connectivity index (χ4n) is 1.88. The number of nitrogens with zero attached hydrogens (tertiary/aromatic N) is 1. The number of nitrogens with one attached hydrogen (secondary N) is 1. The number of H-pyrrole nitrogens is 1. The van der Waals surface area contributed by atoms with Crippen LogP contribution in [0.3, 0.4) is 0 Å². The van der Waals surface area contributed by atoms with Gasteiger partial charge in [0.15, 0.2) is 0 Å². The summed E-state index contributed by atoms with van der Waals surface area (Å²) in [5, 5.41) is 7.26. The van der Waals surface area contributed by atoms with Crippen molar-refractivity contribution in [2.75, 3.05) is 0 Å². The first-order chi connectivity index (χ1) is 8.61. The molecule has 0 atom stereocenters. The van der Waals surface area contributed by atoms with Crippen LogP contribution in [-0.4, -0.2) is 16.3 Å². The number of aromatic amines is 1. The molecule has 0 unspecified atom stereocenters. The lowest BCUT2D eigenvalue weighted by Gasteiger charge is -2.09. The van der Waals surface area contributed by atoms with Crippen LogP contribution in [0.4, 0.5) is 0 Å². The number of ether oxygens (including phenoxy) is 1. The maximum atomic E-state index is 5.63. The second-order valence-corrected chi connectivity index (χ2v) is 4.57. The van der Waals surface area contributed by atoms with Crippen LogP contribution in [0.2, 0.25) is 0 Å². The molecule has 0 bridgehead atoms. The van der Waals surface area contributed by atoms with Crippen molar-refractivity contribution in [3.05, 3.63) is 35.5 Å². The number of nitrogens with two attached hydrogens (primary N) is 1. The normalized spacial score (nSPS) is 10.9. The monoisotopic (exact) mass is 245 g/mol. The van der Waals surface area contributed by atoms with Crippen molar-refractivity contribution in [1.29, 1.82) is 0 Å². The highest BCUT2D eigenvalue weighted by atomic mass is 16.5. The molecule has 0 saturated heterocycles. The summed E-state index contributed by atoms with van der Waals surface area (Å²) in [4.78, 5) is 0. The van der Waals surface area contributed by atoms with Gasteiger partial charge in [-0.15, -0.1) is 0 Å². The zero-order valence-electron chi connectivity index (χ0n) is 11.0. The minimum atomic E-state index is 0.187. The quantitative estimate of drug-likeness (QED) is 0.870. The molecular weight excluding hydrogens is 226 g/mol. The highest BCUT2D eigenvalue weighted by molar-refractivity contribution is 5.64. The summed E-state index contributed by atoms with van der Waals surface area (Å²) in [5.74, 6) is 0.876. The maximum Gasteiger partial charge on any atom is 0.119 e. The molecule has 0 saturated carbocycles. The average molecular weight is 245 g/mol. The summed E-state index contributed by atoms with van der Waals surface area (Å²) in [6, 6.07) is 7.96. The lowest BCUT2D eigenvalue weighted by atomic mass is 10.1. The van der Waals surface area contributed by atoms with Crippen molar-refractivity contribution in [3.63, 3.8) is 0 Å². The third-order valence-corrected chi connectivity index (χ3v) is 2.81. The molecule has 0 aliphatic carbocycles. The Morgan fingerprint density at radius 2 is 1.94 bits per heavy atom. The smallest absolute Gasteiger partial charge is 0.119 e. The molecule has 0 spiro atoms. The van der Waals surface area contributed by atoms with Crippen LogP contribution in [0.25, 0.3) is 11.3 Å². The van der Waals surface area contributed by atoms with Crippen LogP contribution in [0.5, 0.6) is 5.75 Å². The molecule has 2 rings (SSSR count). The van der Waals surface area contributed by atoms with E-state index in [0.29, 0.717) is 6.54 Å². The Balaban J connectivity index is 2.26. The van der Waals surface area contributed by atoms with E-state index in [1.54, 1.807) is 0 Å². The zero-order chi connectivity index (χ0) is 13.1. The molecule has 96 valence electrons. The van der Waals surface area contributed by atoms with E-state index in [0.717, 1.165) is 28.3 Å². The average Bonchev–Trinajstić information content (AvgIpc) is 2.71. The van der Waals surface area contributed by atoms with Crippen LogP contribution in [-0.2, 0) is 6.54 Å². The molecule has 2 aromatic rings. The second-order valence-electron chi connectivity index (χ2n) is 4.57. The Labute approximate surface area is 107 Å². The summed E-state index contributed by atoms with van der Waals surface area (Å²) in [6.07, 6.45) is 0.187. The molecule has 4 nitrogen and oxygen atoms in total. The minimum Gasteiger partial charge on any atom is -0.491 e. The highest BCUT2D eigenvalue weighted by Gasteiger charge is 2.09. The number of hydrogen-bond donors (Lipinski definition) is 2. The first-order valence-corrected chi connectivity index (χ1v) is 6.12. The predicted molar refractivity (Wildman–Crippen MR) is 72.4 cm³/mol. The molecular formula is C14H19N3O. The van der Waals surface area contributed by atoms with E-state index in [9.17, 15) is 0 Å². The molecule has 0 amide bonds. The van der Waals surface area contributed by atoms with Gasteiger partial charge in [0, 0.05) is 12.1 Å². The first-order valence-electron chi connectivity index (χ1n) is 6.12. The van der Waals surface area contributed by atoms with Crippen LogP contribution in [0, 0.1) is 6.92 Å². The Morgan fingerprint density at radius 1 is 1.28 bits per heavy atom. The van der Waals surface area contributed by atoms with Crippen LogP contribution >= 0.6 is 0 Å². The van der Waals surface area contributed by atoms with Crippen LogP contribution in [0.1, 0.15) is 25.1 Å². The van der Waals surface area contributed by atoms with Gasteiger partial charge in [0.05, 0.1) is 17.5 Å². The van der Waals surface area contributed by atoms with Crippen molar-refractivity contribution in [2.45, 2.75) is 33.4 Å². The van der Waals surface area contributed by atoms with E-state index in [4.69, 9.17) is 10.5 Å². The van der Waals surface area contributed by atoms with E-state index < -0.39 is 0 Å². The van der Waals surface area contributed by atoms with E-state index in [2.05, 4.69) is 10.2 Å². The fraction of sp³-hybridized carbons (Fsp3) is 0.357. The minimum absolute atomic E-state index is 0.187. The Hall–Kier alpha value is -1.81. The molecule has 18 heavy (non-hydrogen) atoms. The van der Waals surface area contributed by atoms with Gasteiger partial charge in [-0.25, -0.2) is 0 Å². The van der Waals surface area contributed by atoms with Gasteiger partial charge in [-0.3, -0.25) is 5.10 Å². The van der Waals surface area contributed by atoms with Gasteiger partial charge in [-0.2, -0.15) is 5.10 Å². The Kier molecular flexibility index (Phi) is 3.67. The Morgan fingerprint density at radius 3 is 2.44 bits per heavy atom. The van der Waals surface area contributed by atoms with Crippen LogP contribution < -0.4 is 10.5 Å². The van der Waals surface area contributed by atoms with E-state index in [-0.39, 0.29) is 6.10 Å². The van der Waals surface area contributed by atoms with Crippen molar-refractivity contribution in [2.24, 2.45) is 5.73 Å². The maximum absolute atomic E-state index is 5.63. The van der Waals surface area contributed by atoms with Gasteiger partial charge < -0.3 is 10.5 Å². The zero-order valence-corrected chi connectivity index (χ0v) is 11.0. The van der Waals surface area contributed by atoms with Crippen LogP contribution in [0.15, 0.2) is 24.3 Å². The second kappa shape index (κ2) is 5.23. The van der Waals surface area contributed by atoms with Gasteiger partial charge >= 0.3 is 0 Å². The summed E-state index contributed by atoms with van der Waals surface area (Å²) in [7, 11) is 0. The molecule has 0 aliphatic rings. The van der Waals surface area contributed by atoms with Crippen molar-refractivity contribution in [1.82, 2.24) is 10.2 Å². The van der Waals surface area contributed by atoms with Gasteiger partial charge in [-0.1, -0.05) is 0 Å². The molecule has 1 aromatic heterocycles. The summed E-state index contributed by atoms with van der Waals surface area (Å²) >= 11 is 0. The van der Waals surface area contributed by atoms with Gasteiger partial charge in [0.1, 0.15) is 5.75 Å². The lowest BCUT2D eigenvalue weighted by Crippen LogP contribution is -2.05. The van der Waals surface area contributed by atoms with Crippen molar-refractivity contribution in [3.8, 4) is 17.0 Å². The van der Waals surface area contributed by atoms with Crippen molar-refractivity contribution < 1.29 is 4.74 Å².